The SMILES string of the molecule is CNCc1cnc(C)cc1Oc1ccc(Cl)c(Cl)c1. The second-order valence-corrected chi connectivity index (χ2v) is 4.96. The molecule has 2 rings (SSSR count). The summed E-state index contributed by atoms with van der Waals surface area (Å²) in [4.78, 5) is 4.26. The third-order valence-electron chi connectivity index (χ3n) is 2.57. The van der Waals surface area contributed by atoms with Gasteiger partial charge in [-0.25, -0.2) is 0 Å². The fourth-order valence-corrected chi connectivity index (χ4v) is 1.94. The second-order valence-electron chi connectivity index (χ2n) is 4.14. The molecule has 100 valence electrons. The minimum atomic E-state index is 0.472. The number of nitrogens with zero attached hydrogens (tertiary/aromatic N) is 1. The number of ether oxygens (including phenoxy) is 1. The number of pyridine rings is 1. The van der Waals surface area contributed by atoms with Crippen LogP contribution in [-0.2, 0) is 6.54 Å². The van der Waals surface area contributed by atoms with E-state index in [2.05, 4.69) is 10.3 Å². The summed E-state index contributed by atoms with van der Waals surface area (Å²) in [7, 11) is 1.88. The summed E-state index contributed by atoms with van der Waals surface area (Å²) in [6, 6.07) is 7.09. The molecule has 1 N–H and O–H groups in total. The smallest absolute Gasteiger partial charge is 0.135 e. The summed E-state index contributed by atoms with van der Waals surface area (Å²) < 4.78 is 5.86. The maximum Gasteiger partial charge on any atom is 0.135 e. The first kappa shape index (κ1) is 14.1. The fraction of sp³-hybridized carbons (Fsp3) is 0.214. The highest BCUT2D eigenvalue weighted by atomic mass is 35.5. The van der Waals surface area contributed by atoms with E-state index < -0.39 is 0 Å². The molecule has 5 heteroatoms. The van der Waals surface area contributed by atoms with E-state index in [4.69, 9.17) is 27.9 Å². The van der Waals surface area contributed by atoms with E-state index in [1.165, 1.54) is 0 Å². The Hall–Kier alpha value is -1.29. The monoisotopic (exact) mass is 296 g/mol. The number of halogens is 2. The molecule has 0 aliphatic heterocycles. The summed E-state index contributed by atoms with van der Waals surface area (Å²) in [5.41, 5.74) is 1.88. The lowest BCUT2D eigenvalue weighted by Gasteiger charge is -2.12. The van der Waals surface area contributed by atoms with Gasteiger partial charge in [-0.3, -0.25) is 4.98 Å². The van der Waals surface area contributed by atoms with Gasteiger partial charge in [0.05, 0.1) is 10.0 Å². The minimum absolute atomic E-state index is 0.472. The molecule has 0 aliphatic carbocycles. The van der Waals surface area contributed by atoms with Crippen LogP contribution in [0.2, 0.25) is 10.0 Å². The maximum absolute atomic E-state index is 5.98. The molecule has 0 radical (unpaired) electrons. The summed E-state index contributed by atoms with van der Waals surface area (Å²) >= 11 is 11.9. The standard InChI is InChI=1S/C14H14Cl2N2O/c1-9-5-14(10(7-17-2)8-18-9)19-11-3-4-12(15)13(16)6-11/h3-6,8,17H,7H2,1-2H3. The lowest BCUT2D eigenvalue weighted by Crippen LogP contribution is -2.07. The zero-order valence-corrected chi connectivity index (χ0v) is 12.2. The van der Waals surface area contributed by atoms with E-state index in [0.29, 0.717) is 22.3 Å². The maximum atomic E-state index is 5.98. The van der Waals surface area contributed by atoms with Crippen LogP contribution < -0.4 is 10.1 Å². The van der Waals surface area contributed by atoms with E-state index in [1.54, 1.807) is 24.4 Å². The van der Waals surface area contributed by atoms with Crippen LogP contribution in [0.5, 0.6) is 11.5 Å². The highest BCUT2D eigenvalue weighted by molar-refractivity contribution is 6.42. The molecular weight excluding hydrogens is 283 g/mol. The number of aromatic nitrogens is 1. The molecule has 0 spiro atoms. The van der Waals surface area contributed by atoms with E-state index in [1.807, 2.05) is 20.0 Å². The summed E-state index contributed by atoms with van der Waals surface area (Å²) in [5, 5.41) is 4.06. The van der Waals surface area contributed by atoms with Gasteiger partial charge < -0.3 is 10.1 Å². The van der Waals surface area contributed by atoms with E-state index >= 15 is 0 Å². The first-order valence-electron chi connectivity index (χ1n) is 5.83. The molecule has 0 saturated heterocycles. The Labute approximate surface area is 122 Å². The van der Waals surface area contributed by atoms with Crippen molar-refractivity contribution in [2.75, 3.05) is 7.05 Å². The van der Waals surface area contributed by atoms with E-state index in [-0.39, 0.29) is 0 Å². The van der Waals surface area contributed by atoms with Gasteiger partial charge in [-0.1, -0.05) is 23.2 Å². The number of aryl methyl sites for hydroxylation is 1. The van der Waals surface area contributed by atoms with Gasteiger partial charge in [-0.2, -0.15) is 0 Å². The number of hydrogen-bond acceptors (Lipinski definition) is 3. The van der Waals surface area contributed by atoms with Crippen molar-refractivity contribution in [2.24, 2.45) is 0 Å². The van der Waals surface area contributed by atoms with Crippen LogP contribution in [0.1, 0.15) is 11.3 Å². The molecule has 0 bridgehead atoms. The molecule has 1 aromatic carbocycles. The lowest BCUT2D eigenvalue weighted by atomic mass is 10.2. The Balaban J connectivity index is 2.30. The zero-order chi connectivity index (χ0) is 13.8. The third-order valence-corrected chi connectivity index (χ3v) is 3.31. The summed E-state index contributed by atoms with van der Waals surface area (Å²) in [6.45, 7) is 2.61. The molecule has 0 fully saturated rings. The van der Waals surface area contributed by atoms with E-state index in [0.717, 1.165) is 17.0 Å². The summed E-state index contributed by atoms with van der Waals surface area (Å²) in [6.07, 6.45) is 1.80. The third kappa shape index (κ3) is 3.60. The van der Waals surface area contributed by atoms with Crippen LogP contribution in [0.4, 0.5) is 0 Å². The highest BCUT2D eigenvalue weighted by Crippen LogP contribution is 2.31. The van der Waals surface area contributed by atoms with Crippen molar-refractivity contribution in [1.82, 2.24) is 10.3 Å². The van der Waals surface area contributed by atoms with Crippen molar-refractivity contribution >= 4 is 23.2 Å². The zero-order valence-electron chi connectivity index (χ0n) is 10.7. The van der Waals surface area contributed by atoms with Gasteiger partial charge in [0.1, 0.15) is 11.5 Å². The predicted octanol–water partition coefficient (Wildman–Crippen LogP) is 4.21. The molecule has 3 nitrogen and oxygen atoms in total. The van der Waals surface area contributed by atoms with Crippen LogP contribution in [-0.4, -0.2) is 12.0 Å². The first-order chi connectivity index (χ1) is 9.10. The van der Waals surface area contributed by atoms with Crippen molar-refractivity contribution in [2.45, 2.75) is 13.5 Å². The second kappa shape index (κ2) is 6.24. The Morgan fingerprint density at radius 3 is 2.68 bits per heavy atom. The van der Waals surface area contributed by atoms with Crippen molar-refractivity contribution in [3.63, 3.8) is 0 Å². The minimum Gasteiger partial charge on any atom is -0.457 e. The van der Waals surface area contributed by atoms with Gasteiger partial charge in [-0.15, -0.1) is 0 Å². The van der Waals surface area contributed by atoms with Gasteiger partial charge in [0, 0.05) is 36.1 Å². The number of nitrogens with one attached hydrogen (secondary N) is 1. The molecule has 0 atom stereocenters. The Kier molecular flexibility index (Phi) is 4.64. The number of rotatable bonds is 4. The van der Waals surface area contributed by atoms with Crippen molar-refractivity contribution in [3.05, 3.63) is 51.8 Å². The molecule has 0 amide bonds. The largest absolute Gasteiger partial charge is 0.457 e. The van der Waals surface area contributed by atoms with Crippen molar-refractivity contribution in [3.8, 4) is 11.5 Å². The molecule has 1 aromatic heterocycles. The van der Waals surface area contributed by atoms with Crippen LogP contribution in [0.25, 0.3) is 0 Å². The van der Waals surface area contributed by atoms with Gasteiger partial charge in [-0.05, 0) is 26.1 Å². The van der Waals surface area contributed by atoms with Gasteiger partial charge in [0.25, 0.3) is 0 Å². The first-order valence-corrected chi connectivity index (χ1v) is 6.59. The Bertz CT molecular complexity index is 588. The Morgan fingerprint density at radius 2 is 2.00 bits per heavy atom. The van der Waals surface area contributed by atoms with Gasteiger partial charge in [0.2, 0.25) is 0 Å². The topological polar surface area (TPSA) is 34.2 Å². The Morgan fingerprint density at radius 1 is 1.21 bits per heavy atom. The highest BCUT2D eigenvalue weighted by Gasteiger charge is 2.07. The fourth-order valence-electron chi connectivity index (χ4n) is 1.65. The van der Waals surface area contributed by atoms with Crippen LogP contribution in [0, 0.1) is 6.92 Å². The van der Waals surface area contributed by atoms with Crippen LogP contribution >= 0.6 is 23.2 Å². The molecule has 2 aromatic rings. The number of hydrogen-bond donors (Lipinski definition) is 1. The normalized spacial score (nSPS) is 10.5. The van der Waals surface area contributed by atoms with Crippen LogP contribution in [0.3, 0.4) is 0 Å². The molecule has 0 aliphatic rings. The lowest BCUT2D eigenvalue weighted by molar-refractivity contribution is 0.472. The van der Waals surface area contributed by atoms with Crippen molar-refractivity contribution < 1.29 is 4.74 Å². The molecule has 0 saturated carbocycles. The summed E-state index contributed by atoms with van der Waals surface area (Å²) in [5.74, 6) is 1.41. The van der Waals surface area contributed by atoms with Crippen LogP contribution in [0.15, 0.2) is 30.5 Å². The van der Waals surface area contributed by atoms with Gasteiger partial charge in [0.15, 0.2) is 0 Å². The molecule has 0 unspecified atom stereocenters. The average Bonchev–Trinajstić information content (AvgIpc) is 2.37. The average molecular weight is 297 g/mol. The molecular formula is C14H14Cl2N2O. The van der Waals surface area contributed by atoms with Crippen molar-refractivity contribution in [1.29, 1.82) is 0 Å². The molecule has 19 heavy (non-hydrogen) atoms. The number of benzene rings is 1. The predicted molar refractivity (Wildman–Crippen MR) is 78.3 cm³/mol. The van der Waals surface area contributed by atoms with E-state index in [9.17, 15) is 0 Å². The quantitative estimate of drug-likeness (QED) is 0.918. The molecule has 1 heterocycles. The van der Waals surface area contributed by atoms with Gasteiger partial charge >= 0.3 is 0 Å².